The van der Waals surface area contributed by atoms with E-state index in [0.29, 0.717) is 12.0 Å². The van der Waals surface area contributed by atoms with Crippen LogP contribution in [0.5, 0.6) is 0 Å². The molecule has 0 bridgehead atoms. The van der Waals surface area contributed by atoms with Gasteiger partial charge >= 0.3 is 0 Å². The smallest absolute Gasteiger partial charge is 0.251 e. The molecule has 126 valence electrons. The lowest BCUT2D eigenvalue weighted by atomic mass is 9.99. The second kappa shape index (κ2) is 8.22. The maximum Gasteiger partial charge on any atom is 0.251 e. The Bertz CT molecular complexity index is 820. The third-order valence-electron chi connectivity index (χ3n) is 4.05. The molecule has 0 aliphatic carbocycles. The van der Waals surface area contributed by atoms with Crippen molar-refractivity contribution in [2.75, 3.05) is 6.54 Å². The number of pyridine rings is 1. The van der Waals surface area contributed by atoms with Gasteiger partial charge in [-0.15, -0.1) is 0 Å². The number of aliphatic hydroxyl groups is 1. The van der Waals surface area contributed by atoms with Crippen molar-refractivity contribution < 1.29 is 9.90 Å². The van der Waals surface area contributed by atoms with Crippen LogP contribution < -0.4 is 5.32 Å². The molecule has 3 aromatic rings. The summed E-state index contributed by atoms with van der Waals surface area (Å²) in [7, 11) is 0. The molecule has 1 atom stereocenters. The number of benzene rings is 2. The van der Waals surface area contributed by atoms with Crippen LogP contribution in [0.2, 0.25) is 0 Å². The number of aromatic nitrogens is 1. The third kappa shape index (κ3) is 4.52. The van der Waals surface area contributed by atoms with Crippen LogP contribution in [-0.4, -0.2) is 22.5 Å². The van der Waals surface area contributed by atoms with Gasteiger partial charge in [0.05, 0.1) is 6.10 Å². The van der Waals surface area contributed by atoms with Crippen LogP contribution in [0.1, 0.15) is 33.2 Å². The minimum absolute atomic E-state index is 0.155. The van der Waals surface area contributed by atoms with E-state index in [9.17, 15) is 9.90 Å². The van der Waals surface area contributed by atoms with Crippen LogP contribution >= 0.6 is 0 Å². The number of amides is 1. The van der Waals surface area contributed by atoms with Crippen molar-refractivity contribution in [2.24, 2.45) is 0 Å². The highest BCUT2D eigenvalue weighted by molar-refractivity contribution is 5.95. The standard InChI is InChI=1S/C21H20N2O2/c24-20(17-10-12-22-13-11-17)15-23-21(25)19-9-5-4-8-18(19)14-16-6-2-1-3-7-16/h1-13,20,24H,14-15H2,(H,23,25). The van der Waals surface area contributed by atoms with Crippen LogP contribution in [0.15, 0.2) is 79.1 Å². The second-order valence-electron chi connectivity index (χ2n) is 5.83. The van der Waals surface area contributed by atoms with Gasteiger partial charge in [-0.25, -0.2) is 0 Å². The first-order valence-corrected chi connectivity index (χ1v) is 8.22. The second-order valence-corrected chi connectivity index (χ2v) is 5.83. The van der Waals surface area contributed by atoms with Crippen molar-refractivity contribution in [1.29, 1.82) is 0 Å². The Morgan fingerprint density at radius 1 is 0.960 bits per heavy atom. The predicted molar refractivity (Wildman–Crippen MR) is 97.2 cm³/mol. The normalized spacial score (nSPS) is 11.7. The predicted octanol–water partition coefficient (Wildman–Crippen LogP) is 3.14. The van der Waals surface area contributed by atoms with Crippen LogP contribution in [0.4, 0.5) is 0 Å². The number of nitrogens with zero attached hydrogens (tertiary/aromatic N) is 1. The highest BCUT2D eigenvalue weighted by atomic mass is 16.3. The number of carbonyl (C=O) groups is 1. The van der Waals surface area contributed by atoms with Crippen molar-refractivity contribution in [3.63, 3.8) is 0 Å². The molecule has 0 aliphatic rings. The largest absolute Gasteiger partial charge is 0.387 e. The van der Waals surface area contributed by atoms with E-state index in [-0.39, 0.29) is 12.5 Å². The summed E-state index contributed by atoms with van der Waals surface area (Å²) in [5, 5.41) is 13.0. The molecule has 25 heavy (non-hydrogen) atoms. The molecule has 0 saturated carbocycles. The number of aliphatic hydroxyl groups excluding tert-OH is 1. The number of hydrogen-bond donors (Lipinski definition) is 2. The zero-order valence-corrected chi connectivity index (χ0v) is 13.8. The van der Waals surface area contributed by atoms with Gasteiger partial charge in [0.15, 0.2) is 0 Å². The summed E-state index contributed by atoms with van der Waals surface area (Å²) >= 11 is 0. The summed E-state index contributed by atoms with van der Waals surface area (Å²) in [6.07, 6.45) is 3.18. The minimum Gasteiger partial charge on any atom is -0.387 e. The molecule has 4 heteroatoms. The fourth-order valence-corrected chi connectivity index (χ4v) is 2.70. The average Bonchev–Trinajstić information content (AvgIpc) is 2.68. The Labute approximate surface area is 147 Å². The van der Waals surface area contributed by atoms with E-state index < -0.39 is 6.10 Å². The molecule has 1 unspecified atom stereocenters. The molecular weight excluding hydrogens is 312 g/mol. The van der Waals surface area contributed by atoms with E-state index in [1.54, 1.807) is 24.5 Å². The van der Waals surface area contributed by atoms with Gasteiger partial charge < -0.3 is 10.4 Å². The molecule has 2 aromatic carbocycles. The lowest BCUT2D eigenvalue weighted by Gasteiger charge is -2.14. The Morgan fingerprint density at radius 2 is 1.64 bits per heavy atom. The van der Waals surface area contributed by atoms with Crippen molar-refractivity contribution >= 4 is 5.91 Å². The zero-order valence-electron chi connectivity index (χ0n) is 13.8. The fraction of sp³-hybridized carbons (Fsp3) is 0.143. The maximum absolute atomic E-state index is 12.6. The Hall–Kier alpha value is -2.98. The van der Waals surface area contributed by atoms with E-state index in [1.807, 2.05) is 54.6 Å². The van der Waals surface area contributed by atoms with Crippen LogP contribution in [0.25, 0.3) is 0 Å². The fourth-order valence-electron chi connectivity index (χ4n) is 2.70. The topological polar surface area (TPSA) is 62.2 Å². The first-order valence-electron chi connectivity index (χ1n) is 8.22. The van der Waals surface area contributed by atoms with Crippen molar-refractivity contribution in [2.45, 2.75) is 12.5 Å². The molecule has 0 spiro atoms. The number of rotatable bonds is 6. The minimum atomic E-state index is -0.756. The van der Waals surface area contributed by atoms with Crippen LogP contribution in [0.3, 0.4) is 0 Å². The summed E-state index contributed by atoms with van der Waals surface area (Å²) in [4.78, 5) is 16.5. The monoisotopic (exact) mass is 332 g/mol. The van der Waals surface area contributed by atoms with Gasteiger partial charge in [0, 0.05) is 24.5 Å². The lowest BCUT2D eigenvalue weighted by molar-refractivity contribution is 0.0915. The van der Waals surface area contributed by atoms with Gasteiger partial charge in [-0.05, 0) is 41.3 Å². The first-order chi connectivity index (χ1) is 12.2. The summed E-state index contributed by atoms with van der Waals surface area (Å²) in [6, 6.07) is 21.1. The molecule has 1 aromatic heterocycles. The van der Waals surface area contributed by atoms with Crippen LogP contribution in [0, 0.1) is 0 Å². The van der Waals surface area contributed by atoms with Gasteiger partial charge in [0.25, 0.3) is 5.91 Å². The molecule has 4 nitrogen and oxygen atoms in total. The SMILES string of the molecule is O=C(NCC(O)c1ccncc1)c1ccccc1Cc1ccccc1. The van der Waals surface area contributed by atoms with Crippen LogP contribution in [-0.2, 0) is 6.42 Å². The van der Waals surface area contributed by atoms with E-state index in [4.69, 9.17) is 0 Å². The number of carbonyl (C=O) groups excluding carboxylic acids is 1. The molecular formula is C21H20N2O2. The molecule has 1 amide bonds. The summed E-state index contributed by atoms with van der Waals surface area (Å²) < 4.78 is 0. The average molecular weight is 332 g/mol. The molecule has 1 heterocycles. The van der Waals surface area contributed by atoms with E-state index >= 15 is 0 Å². The molecule has 0 radical (unpaired) electrons. The van der Waals surface area contributed by atoms with Gasteiger partial charge in [-0.3, -0.25) is 9.78 Å². The highest BCUT2D eigenvalue weighted by Crippen LogP contribution is 2.15. The van der Waals surface area contributed by atoms with Crippen molar-refractivity contribution in [3.8, 4) is 0 Å². The number of hydrogen-bond acceptors (Lipinski definition) is 3. The molecule has 0 aliphatic heterocycles. The van der Waals surface area contributed by atoms with E-state index in [2.05, 4.69) is 10.3 Å². The van der Waals surface area contributed by atoms with Crippen molar-refractivity contribution in [1.82, 2.24) is 10.3 Å². The molecule has 0 fully saturated rings. The Balaban J connectivity index is 1.68. The van der Waals surface area contributed by atoms with Gasteiger partial charge in [-0.2, -0.15) is 0 Å². The lowest BCUT2D eigenvalue weighted by Crippen LogP contribution is -2.29. The Kier molecular flexibility index (Phi) is 5.54. The highest BCUT2D eigenvalue weighted by Gasteiger charge is 2.13. The summed E-state index contributed by atoms with van der Waals surface area (Å²) in [5.74, 6) is -0.181. The summed E-state index contributed by atoms with van der Waals surface area (Å²) in [6.45, 7) is 0.155. The Morgan fingerprint density at radius 3 is 2.40 bits per heavy atom. The zero-order chi connectivity index (χ0) is 17.5. The molecule has 2 N–H and O–H groups in total. The van der Waals surface area contributed by atoms with Gasteiger partial charge in [0.2, 0.25) is 0 Å². The quantitative estimate of drug-likeness (QED) is 0.729. The molecule has 3 rings (SSSR count). The van der Waals surface area contributed by atoms with Gasteiger partial charge in [-0.1, -0.05) is 48.5 Å². The first kappa shape index (κ1) is 16.9. The van der Waals surface area contributed by atoms with Gasteiger partial charge in [0.1, 0.15) is 0 Å². The van der Waals surface area contributed by atoms with E-state index in [1.165, 1.54) is 0 Å². The van der Waals surface area contributed by atoms with E-state index in [0.717, 1.165) is 16.7 Å². The number of nitrogens with one attached hydrogen (secondary N) is 1. The van der Waals surface area contributed by atoms with Crippen molar-refractivity contribution in [3.05, 3.63) is 101 Å². The molecule has 0 saturated heterocycles. The maximum atomic E-state index is 12.6. The third-order valence-corrected chi connectivity index (χ3v) is 4.05. The summed E-state index contributed by atoms with van der Waals surface area (Å²) in [5.41, 5.74) is 3.48.